The molecule has 4 atom stereocenters. The van der Waals surface area contributed by atoms with Gasteiger partial charge in [0, 0.05) is 50.0 Å². The van der Waals surface area contributed by atoms with Gasteiger partial charge in [0.15, 0.2) is 0 Å². The second kappa shape index (κ2) is 8.70. The van der Waals surface area contributed by atoms with Crippen molar-refractivity contribution >= 4 is 17.7 Å². The molecule has 4 rings (SSSR count). The van der Waals surface area contributed by atoms with Gasteiger partial charge in [-0.05, 0) is 24.7 Å². The van der Waals surface area contributed by atoms with E-state index in [0.717, 1.165) is 18.5 Å². The third-order valence-corrected chi connectivity index (χ3v) is 7.06. The number of aliphatic hydroxyl groups is 1. The number of carbonyl (C=O) groups is 3. The summed E-state index contributed by atoms with van der Waals surface area (Å²) in [6.45, 7) is 8.94. The molecule has 3 fully saturated rings. The Balaban J connectivity index is 1.48. The summed E-state index contributed by atoms with van der Waals surface area (Å²) in [4.78, 5) is 39.9. The summed E-state index contributed by atoms with van der Waals surface area (Å²) in [5.74, 6) is -0.0567. The first kappa shape index (κ1) is 23.7. The Labute approximate surface area is 194 Å². The molecule has 3 N–H and O–H groups in total. The molecule has 1 aliphatic carbocycles. The van der Waals surface area contributed by atoms with Gasteiger partial charge in [0.05, 0.1) is 11.8 Å². The van der Waals surface area contributed by atoms with Gasteiger partial charge in [-0.1, -0.05) is 32.9 Å². The highest BCUT2D eigenvalue weighted by atomic mass is 16.3. The maximum atomic E-state index is 13.8. The van der Waals surface area contributed by atoms with E-state index in [1.807, 2.05) is 33.9 Å². The Bertz CT molecular complexity index is 908. The fourth-order valence-electron chi connectivity index (χ4n) is 4.80. The van der Waals surface area contributed by atoms with Gasteiger partial charge < -0.3 is 20.6 Å². The SMILES string of the molecule is CC1(CNC(=O)C2CC(O)CN2C(=O)[C@@H](n2cc(C3CC3)nn2)C(C)(C)C)CCC(=O)NC1. The zero-order valence-corrected chi connectivity index (χ0v) is 20.0. The Morgan fingerprint density at radius 3 is 2.70 bits per heavy atom. The molecule has 2 aliphatic heterocycles. The van der Waals surface area contributed by atoms with Crippen LogP contribution in [-0.2, 0) is 14.4 Å². The number of carbonyl (C=O) groups excluding carboxylic acids is 3. The molecule has 3 unspecified atom stereocenters. The second-order valence-electron chi connectivity index (χ2n) is 11.4. The fourth-order valence-corrected chi connectivity index (χ4v) is 4.80. The van der Waals surface area contributed by atoms with Crippen LogP contribution in [0.2, 0.25) is 0 Å². The summed E-state index contributed by atoms with van der Waals surface area (Å²) in [5, 5.41) is 24.7. The molecule has 182 valence electrons. The third-order valence-electron chi connectivity index (χ3n) is 7.06. The summed E-state index contributed by atoms with van der Waals surface area (Å²) in [7, 11) is 0. The number of nitrogens with one attached hydrogen (secondary N) is 2. The molecule has 2 saturated heterocycles. The lowest BCUT2D eigenvalue weighted by Gasteiger charge is -2.36. The predicted octanol–water partition coefficient (Wildman–Crippen LogP) is 0.737. The van der Waals surface area contributed by atoms with E-state index >= 15 is 0 Å². The molecule has 0 spiro atoms. The van der Waals surface area contributed by atoms with Crippen LogP contribution in [0.25, 0.3) is 0 Å². The van der Waals surface area contributed by atoms with Gasteiger partial charge in [-0.15, -0.1) is 5.10 Å². The number of hydrogen-bond acceptors (Lipinski definition) is 6. The number of aliphatic hydroxyl groups excluding tert-OH is 1. The molecule has 1 saturated carbocycles. The van der Waals surface area contributed by atoms with E-state index in [-0.39, 0.29) is 36.1 Å². The first-order valence-corrected chi connectivity index (χ1v) is 11.9. The molecule has 0 aromatic carbocycles. The highest BCUT2D eigenvalue weighted by Crippen LogP contribution is 2.40. The van der Waals surface area contributed by atoms with E-state index in [4.69, 9.17) is 0 Å². The highest BCUT2D eigenvalue weighted by molar-refractivity contribution is 5.90. The van der Waals surface area contributed by atoms with Gasteiger partial charge in [-0.3, -0.25) is 14.4 Å². The molecular formula is C23H36N6O4. The zero-order valence-electron chi connectivity index (χ0n) is 20.0. The molecule has 3 amide bonds. The predicted molar refractivity (Wildman–Crippen MR) is 120 cm³/mol. The summed E-state index contributed by atoms with van der Waals surface area (Å²) in [5.41, 5.74) is 0.206. The van der Waals surface area contributed by atoms with Crippen LogP contribution in [0.5, 0.6) is 0 Å². The summed E-state index contributed by atoms with van der Waals surface area (Å²) < 4.78 is 1.63. The van der Waals surface area contributed by atoms with Gasteiger partial charge in [-0.2, -0.15) is 0 Å². The third kappa shape index (κ3) is 5.20. The smallest absolute Gasteiger partial charge is 0.248 e. The number of rotatable bonds is 6. The van der Waals surface area contributed by atoms with Gasteiger partial charge in [-0.25, -0.2) is 4.68 Å². The van der Waals surface area contributed by atoms with Gasteiger partial charge in [0.1, 0.15) is 12.1 Å². The van der Waals surface area contributed by atoms with Crippen LogP contribution in [0.4, 0.5) is 0 Å². The van der Waals surface area contributed by atoms with E-state index in [1.165, 1.54) is 4.90 Å². The average Bonchev–Trinajstić information content (AvgIpc) is 3.35. The van der Waals surface area contributed by atoms with Crippen molar-refractivity contribution in [3.63, 3.8) is 0 Å². The number of amides is 3. The fraction of sp³-hybridized carbons (Fsp3) is 0.783. The molecule has 10 heteroatoms. The quantitative estimate of drug-likeness (QED) is 0.574. The minimum atomic E-state index is -0.757. The van der Waals surface area contributed by atoms with Crippen LogP contribution in [0.15, 0.2) is 6.20 Å². The minimum Gasteiger partial charge on any atom is -0.391 e. The van der Waals surface area contributed by atoms with Crippen molar-refractivity contribution in [2.75, 3.05) is 19.6 Å². The zero-order chi connectivity index (χ0) is 24.0. The number of aromatic nitrogens is 3. The number of hydrogen-bond donors (Lipinski definition) is 3. The number of nitrogens with zero attached hydrogens (tertiary/aromatic N) is 4. The Morgan fingerprint density at radius 2 is 2.09 bits per heavy atom. The first-order chi connectivity index (χ1) is 15.5. The molecule has 1 aromatic heterocycles. The van der Waals surface area contributed by atoms with Crippen molar-refractivity contribution < 1.29 is 19.5 Å². The summed E-state index contributed by atoms with van der Waals surface area (Å²) in [6.07, 6.45) is 4.61. The molecule has 3 aliphatic rings. The molecule has 0 bridgehead atoms. The van der Waals surface area contributed by atoms with Crippen LogP contribution in [0.3, 0.4) is 0 Å². The van der Waals surface area contributed by atoms with Crippen LogP contribution in [0.1, 0.15) is 77.5 Å². The van der Waals surface area contributed by atoms with Gasteiger partial charge >= 0.3 is 0 Å². The van der Waals surface area contributed by atoms with E-state index in [1.54, 1.807) is 4.68 Å². The van der Waals surface area contributed by atoms with Crippen molar-refractivity contribution in [1.82, 2.24) is 30.5 Å². The lowest BCUT2D eigenvalue weighted by atomic mass is 9.82. The van der Waals surface area contributed by atoms with E-state index < -0.39 is 23.6 Å². The monoisotopic (exact) mass is 460 g/mol. The summed E-state index contributed by atoms with van der Waals surface area (Å²) >= 11 is 0. The lowest BCUT2D eigenvalue weighted by Crippen LogP contribution is -2.53. The van der Waals surface area contributed by atoms with Crippen molar-refractivity contribution in [3.05, 3.63) is 11.9 Å². The average molecular weight is 461 g/mol. The number of β-amino-alcohol motifs (C(OH)–C–C–N with tert-alkyl or cyclic N) is 1. The lowest BCUT2D eigenvalue weighted by molar-refractivity contribution is -0.144. The normalized spacial score (nSPS) is 29.0. The molecule has 0 radical (unpaired) electrons. The Kier molecular flexibility index (Phi) is 6.24. The highest BCUT2D eigenvalue weighted by Gasteiger charge is 2.45. The summed E-state index contributed by atoms with van der Waals surface area (Å²) in [6, 6.07) is -1.38. The number of likely N-dealkylation sites (tertiary alicyclic amines) is 1. The van der Waals surface area contributed by atoms with Crippen molar-refractivity contribution in [2.24, 2.45) is 10.8 Å². The van der Waals surface area contributed by atoms with Gasteiger partial charge in [0.2, 0.25) is 17.7 Å². The molecule has 3 heterocycles. The van der Waals surface area contributed by atoms with E-state index in [9.17, 15) is 19.5 Å². The van der Waals surface area contributed by atoms with Gasteiger partial charge in [0.25, 0.3) is 0 Å². The largest absolute Gasteiger partial charge is 0.391 e. The molecular weight excluding hydrogens is 424 g/mol. The molecule has 33 heavy (non-hydrogen) atoms. The Morgan fingerprint density at radius 1 is 1.36 bits per heavy atom. The van der Waals surface area contributed by atoms with E-state index in [2.05, 4.69) is 20.9 Å². The molecule has 1 aromatic rings. The van der Waals surface area contributed by atoms with Crippen LogP contribution < -0.4 is 10.6 Å². The first-order valence-electron chi connectivity index (χ1n) is 11.9. The van der Waals surface area contributed by atoms with Crippen LogP contribution in [-0.4, -0.2) is 74.5 Å². The maximum absolute atomic E-state index is 13.8. The second-order valence-corrected chi connectivity index (χ2v) is 11.4. The van der Waals surface area contributed by atoms with Crippen molar-refractivity contribution in [2.45, 2.75) is 83.9 Å². The van der Waals surface area contributed by atoms with Crippen LogP contribution >= 0.6 is 0 Å². The van der Waals surface area contributed by atoms with Crippen molar-refractivity contribution in [1.29, 1.82) is 0 Å². The standard InChI is InChI=1S/C23H36N6O4/c1-22(2,3)19(29-11-16(26-27-29)14-5-6-14)21(33)28-10-15(30)9-17(28)20(32)25-13-23(4)8-7-18(31)24-12-23/h11,14-15,17,19,30H,5-10,12-13H2,1-4H3,(H,24,31)(H,25,32)/t15?,17?,19-,23?/m1/s1. The maximum Gasteiger partial charge on any atom is 0.248 e. The van der Waals surface area contributed by atoms with Crippen LogP contribution in [0, 0.1) is 10.8 Å². The number of piperidine rings is 1. The minimum absolute atomic E-state index is 0.0284. The Hall–Kier alpha value is -2.49. The molecule has 10 nitrogen and oxygen atoms in total. The van der Waals surface area contributed by atoms with E-state index in [0.29, 0.717) is 31.8 Å². The van der Waals surface area contributed by atoms with Crippen molar-refractivity contribution in [3.8, 4) is 0 Å². The topological polar surface area (TPSA) is 129 Å².